The molecule has 5 fully saturated rings. The molecular weight excluding hydrogens is 352 g/mol. The zero-order valence-corrected chi connectivity index (χ0v) is 16.1. The third-order valence-corrected chi connectivity index (χ3v) is 7.92. The van der Waals surface area contributed by atoms with Gasteiger partial charge in [-0.05, 0) is 42.9 Å². The second kappa shape index (κ2) is 7.20. The van der Waals surface area contributed by atoms with E-state index in [1.165, 1.54) is 0 Å². The molecule has 5 rings (SSSR count). The molecule has 0 aromatic carbocycles. The minimum atomic E-state index is -0.775. The highest BCUT2D eigenvalue weighted by atomic mass is 16.7. The van der Waals surface area contributed by atoms with Crippen LogP contribution in [-0.2, 0) is 23.7 Å². The van der Waals surface area contributed by atoms with Crippen molar-refractivity contribution in [3.8, 4) is 0 Å². The first-order valence-electron chi connectivity index (χ1n) is 10.5. The van der Waals surface area contributed by atoms with Gasteiger partial charge in [0.2, 0.25) is 0 Å². The molecule has 2 aliphatic carbocycles. The molecule has 12 unspecified atom stereocenters. The topological polar surface area (TPSA) is 86.6 Å². The molecule has 7 heteroatoms. The van der Waals surface area contributed by atoms with Gasteiger partial charge in [0, 0.05) is 19.4 Å². The van der Waals surface area contributed by atoms with Crippen molar-refractivity contribution in [1.29, 1.82) is 0 Å². The third-order valence-electron chi connectivity index (χ3n) is 7.92. The van der Waals surface area contributed by atoms with E-state index < -0.39 is 12.4 Å². The highest BCUT2D eigenvalue weighted by molar-refractivity contribution is 5.04. The number of fused-ring (bicyclic) bond motifs is 3. The van der Waals surface area contributed by atoms with Crippen molar-refractivity contribution in [2.24, 2.45) is 29.6 Å². The van der Waals surface area contributed by atoms with Crippen LogP contribution < -0.4 is 0 Å². The van der Waals surface area contributed by atoms with E-state index in [1.54, 1.807) is 7.11 Å². The molecule has 154 valence electrons. The number of hydrogen-bond acceptors (Lipinski definition) is 7. The van der Waals surface area contributed by atoms with Crippen LogP contribution in [0, 0.1) is 29.6 Å². The number of ether oxygens (including phenoxy) is 5. The average molecular weight is 384 g/mol. The van der Waals surface area contributed by atoms with Gasteiger partial charge in [0.1, 0.15) is 6.79 Å². The highest BCUT2D eigenvalue weighted by Crippen LogP contribution is 2.53. The summed E-state index contributed by atoms with van der Waals surface area (Å²) in [6.45, 7) is 2.93. The first kappa shape index (κ1) is 18.7. The van der Waals surface area contributed by atoms with Gasteiger partial charge in [-0.3, -0.25) is 0 Å². The van der Waals surface area contributed by atoms with Crippen LogP contribution in [0.25, 0.3) is 0 Å². The molecule has 0 bridgehead atoms. The quantitative estimate of drug-likeness (QED) is 0.732. The summed E-state index contributed by atoms with van der Waals surface area (Å²) < 4.78 is 29.2. The van der Waals surface area contributed by atoms with E-state index >= 15 is 0 Å². The van der Waals surface area contributed by atoms with E-state index in [1.807, 2.05) is 0 Å². The molecule has 0 aromatic rings. The molecule has 0 aromatic heterocycles. The van der Waals surface area contributed by atoms with Crippen LogP contribution in [0.15, 0.2) is 0 Å². The van der Waals surface area contributed by atoms with Gasteiger partial charge in [-0.1, -0.05) is 6.92 Å². The van der Waals surface area contributed by atoms with Gasteiger partial charge in [-0.2, -0.15) is 0 Å². The Morgan fingerprint density at radius 3 is 2.41 bits per heavy atom. The minimum absolute atomic E-state index is 0.0185. The van der Waals surface area contributed by atoms with Gasteiger partial charge in [-0.25, -0.2) is 0 Å². The molecule has 7 nitrogen and oxygen atoms in total. The van der Waals surface area contributed by atoms with Crippen LogP contribution in [0.3, 0.4) is 0 Å². The summed E-state index contributed by atoms with van der Waals surface area (Å²) in [5, 5.41) is 21.1. The summed E-state index contributed by atoms with van der Waals surface area (Å²) in [7, 11) is 1.68. The number of aliphatic hydroxyl groups is 2. The molecule has 3 heterocycles. The Labute approximate surface area is 160 Å². The van der Waals surface area contributed by atoms with E-state index in [0.717, 1.165) is 25.7 Å². The molecule has 0 amide bonds. The fourth-order valence-electron chi connectivity index (χ4n) is 6.66. The van der Waals surface area contributed by atoms with Crippen molar-refractivity contribution in [3.63, 3.8) is 0 Å². The Morgan fingerprint density at radius 2 is 1.63 bits per heavy atom. The van der Waals surface area contributed by atoms with Gasteiger partial charge in [-0.15, -0.1) is 0 Å². The lowest BCUT2D eigenvalue weighted by molar-refractivity contribution is -0.204. The summed E-state index contributed by atoms with van der Waals surface area (Å²) in [5.74, 6) is 1.12. The van der Waals surface area contributed by atoms with Gasteiger partial charge in [0.05, 0.1) is 43.2 Å². The van der Waals surface area contributed by atoms with Crippen molar-refractivity contribution in [2.75, 3.05) is 20.5 Å². The van der Waals surface area contributed by atoms with E-state index in [4.69, 9.17) is 23.7 Å². The van der Waals surface area contributed by atoms with E-state index in [-0.39, 0.29) is 48.3 Å². The number of aliphatic hydroxyl groups excluding tert-OH is 2. The Balaban J connectivity index is 1.45. The van der Waals surface area contributed by atoms with Crippen molar-refractivity contribution in [3.05, 3.63) is 0 Å². The van der Waals surface area contributed by atoms with Crippen LogP contribution >= 0.6 is 0 Å². The third kappa shape index (κ3) is 3.06. The maximum absolute atomic E-state index is 10.6. The summed E-state index contributed by atoms with van der Waals surface area (Å²) in [4.78, 5) is 0. The number of hydrogen-bond donors (Lipinski definition) is 2. The van der Waals surface area contributed by atoms with Crippen molar-refractivity contribution >= 4 is 0 Å². The lowest BCUT2D eigenvalue weighted by Crippen LogP contribution is -2.57. The van der Waals surface area contributed by atoms with Crippen LogP contribution in [0.2, 0.25) is 0 Å². The standard InChI is InChI=1S/C20H32O7/c1-9-3-10(4-15(23-2)19(9)21)17-11-5-13-14(26-8-25-13)6-12(11)27-16-7-24-20(22)18(16)17/h9-22H,3-8H2,1-2H3. The van der Waals surface area contributed by atoms with Crippen molar-refractivity contribution < 1.29 is 33.9 Å². The summed E-state index contributed by atoms with van der Waals surface area (Å²) in [5.41, 5.74) is 0. The summed E-state index contributed by atoms with van der Waals surface area (Å²) in [6, 6.07) is 0. The second-order valence-electron chi connectivity index (χ2n) is 9.23. The highest BCUT2D eigenvalue weighted by Gasteiger charge is 2.58. The molecule has 27 heavy (non-hydrogen) atoms. The Morgan fingerprint density at radius 1 is 0.852 bits per heavy atom. The molecule has 0 spiro atoms. The van der Waals surface area contributed by atoms with Gasteiger partial charge < -0.3 is 33.9 Å². The maximum Gasteiger partial charge on any atom is 0.160 e. The first-order valence-corrected chi connectivity index (χ1v) is 10.5. The molecular formula is C20H32O7. The molecule has 2 saturated carbocycles. The average Bonchev–Trinajstić information content (AvgIpc) is 3.26. The predicted molar refractivity (Wildman–Crippen MR) is 93.6 cm³/mol. The zero-order valence-electron chi connectivity index (χ0n) is 16.1. The fourth-order valence-corrected chi connectivity index (χ4v) is 6.66. The van der Waals surface area contributed by atoms with Crippen LogP contribution in [-0.4, -0.2) is 73.6 Å². The largest absolute Gasteiger partial charge is 0.390 e. The van der Waals surface area contributed by atoms with Gasteiger partial charge in [0.25, 0.3) is 0 Å². The molecule has 2 N–H and O–H groups in total. The molecule has 3 saturated heterocycles. The maximum atomic E-state index is 10.6. The Bertz CT molecular complexity index is 544. The Hall–Kier alpha value is -0.280. The lowest BCUT2D eigenvalue weighted by atomic mass is 9.59. The smallest absolute Gasteiger partial charge is 0.160 e. The van der Waals surface area contributed by atoms with E-state index in [2.05, 4.69) is 6.92 Å². The lowest BCUT2D eigenvalue weighted by Gasteiger charge is -2.53. The second-order valence-corrected chi connectivity index (χ2v) is 9.23. The monoisotopic (exact) mass is 384 g/mol. The number of methoxy groups -OCH3 is 1. The minimum Gasteiger partial charge on any atom is -0.390 e. The first-order chi connectivity index (χ1) is 13.1. The normalized spacial score (nSPS) is 57.8. The summed E-state index contributed by atoms with van der Waals surface area (Å²) >= 11 is 0. The molecule has 3 aliphatic heterocycles. The Kier molecular flexibility index (Phi) is 4.99. The van der Waals surface area contributed by atoms with Crippen molar-refractivity contribution in [1.82, 2.24) is 0 Å². The zero-order chi connectivity index (χ0) is 18.7. The van der Waals surface area contributed by atoms with E-state index in [0.29, 0.717) is 25.2 Å². The number of rotatable bonds is 2. The molecule has 12 atom stereocenters. The fraction of sp³-hybridized carbons (Fsp3) is 1.00. The van der Waals surface area contributed by atoms with Crippen LogP contribution in [0.1, 0.15) is 32.6 Å². The molecule has 5 aliphatic rings. The molecule has 0 radical (unpaired) electrons. The van der Waals surface area contributed by atoms with Gasteiger partial charge >= 0.3 is 0 Å². The van der Waals surface area contributed by atoms with Crippen molar-refractivity contribution in [2.45, 2.75) is 75.5 Å². The van der Waals surface area contributed by atoms with Gasteiger partial charge in [0.15, 0.2) is 6.29 Å². The van der Waals surface area contributed by atoms with E-state index in [9.17, 15) is 10.2 Å². The SMILES string of the molecule is COC1CC(C2C3CC4OCOC4CC3OC3COC(O)C32)CC(C)C1O. The van der Waals surface area contributed by atoms with Crippen LogP contribution in [0.4, 0.5) is 0 Å². The van der Waals surface area contributed by atoms with Crippen LogP contribution in [0.5, 0.6) is 0 Å². The summed E-state index contributed by atoms with van der Waals surface area (Å²) in [6.07, 6.45) is 2.46. The predicted octanol–water partition coefficient (Wildman–Crippen LogP) is 0.908.